The fourth-order valence-electron chi connectivity index (χ4n) is 4.69. The van der Waals surface area contributed by atoms with Crippen molar-refractivity contribution in [2.75, 3.05) is 66.6 Å². The molecule has 0 N–H and O–H groups in total. The van der Waals surface area contributed by atoms with Crippen LogP contribution in [0.5, 0.6) is 11.5 Å². The van der Waals surface area contributed by atoms with Gasteiger partial charge in [-0.15, -0.1) is 0 Å². The molecule has 2 heterocycles. The van der Waals surface area contributed by atoms with Crippen LogP contribution < -0.4 is 9.47 Å². The highest BCUT2D eigenvalue weighted by atomic mass is 16.5. The highest BCUT2D eigenvalue weighted by Gasteiger charge is 2.28. The Morgan fingerprint density at radius 2 is 1.57 bits per heavy atom. The first-order valence-corrected chi connectivity index (χ1v) is 12.2. The molecule has 8 nitrogen and oxygen atoms in total. The monoisotopic (exact) mass is 481 g/mol. The van der Waals surface area contributed by atoms with Crippen molar-refractivity contribution in [2.45, 2.75) is 19.4 Å². The topological polar surface area (TPSA) is 71.6 Å². The van der Waals surface area contributed by atoms with Gasteiger partial charge in [-0.2, -0.15) is 0 Å². The number of benzene rings is 2. The summed E-state index contributed by atoms with van der Waals surface area (Å²) in [6.07, 6.45) is 0.851. The molecule has 2 aromatic rings. The van der Waals surface area contributed by atoms with Gasteiger partial charge in [0.05, 0.1) is 26.9 Å². The van der Waals surface area contributed by atoms with Crippen LogP contribution in [0.1, 0.15) is 32.7 Å². The number of amides is 2. The van der Waals surface area contributed by atoms with Crippen molar-refractivity contribution in [2.24, 2.45) is 0 Å². The molecule has 8 heteroatoms. The first-order valence-electron chi connectivity index (χ1n) is 12.2. The van der Waals surface area contributed by atoms with Gasteiger partial charge in [0.25, 0.3) is 11.8 Å². The predicted octanol–water partition coefficient (Wildman–Crippen LogP) is 2.70. The molecular formula is C27H35N3O5. The van der Waals surface area contributed by atoms with Gasteiger partial charge in [-0.3, -0.25) is 14.5 Å². The van der Waals surface area contributed by atoms with Gasteiger partial charge in [-0.1, -0.05) is 17.7 Å². The van der Waals surface area contributed by atoms with Crippen LogP contribution in [0.25, 0.3) is 0 Å². The Morgan fingerprint density at radius 3 is 2.31 bits per heavy atom. The summed E-state index contributed by atoms with van der Waals surface area (Å²) < 4.78 is 16.6. The molecule has 1 unspecified atom stereocenters. The van der Waals surface area contributed by atoms with Crippen LogP contribution in [0.15, 0.2) is 42.5 Å². The minimum Gasteiger partial charge on any atom is -0.493 e. The SMILES string of the molecule is COc1ccc(C(=O)N2CCCN(CC3CN(C(=O)c4ccc(C)cc4)CCO3)CC2)cc1OC. The third-order valence-corrected chi connectivity index (χ3v) is 6.69. The van der Waals surface area contributed by atoms with Gasteiger partial charge in [0.15, 0.2) is 11.5 Å². The Morgan fingerprint density at radius 1 is 0.857 bits per heavy atom. The van der Waals surface area contributed by atoms with Crippen molar-refractivity contribution in [3.05, 3.63) is 59.2 Å². The third-order valence-electron chi connectivity index (χ3n) is 6.69. The van der Waals surface area contributed by atoms with Crippen LogP contribution in [0.4, 0.5) is 0 Å². The first-order chi connectivity index (χ1) is 17.0. The van der Waals surface area contributed by atoms with Gasteiger partial charge >= 0.3 is 0 Å². The molecule has 1 atom stereocenters. The second-order valence-electron chi connectivity index (χ2n) is 9.13. The van der Waals surface area contributed by atoms with Gasteiger partial charge in [0.2, 0.25) is 0 Å². The van der Waals surface area contributed by atoms with Crippen molar-refractivity contribution >= 4 is 11.8 Å². The summed E-state index contributed by atoms with van der Waals surface area (Å²) in [6.45, 7) is 7.50. The number of methoxy groups -OCH3 is 2. The smallest absolute Gasteiger partial charge is 0.254 e. The zero-order valence-electron chi connectivity index (χ0n) is 20.9. The predicted molar refractivity (Wildman–Crippen MR) is 133 cm³/mol. The number of ether oxygens (including phenoxy) is 3. The summed E-state index contributed by atoms with van der Waals surface area (Å²) in [5, 5.41) is 0. The minimum absolute atomic E-state index is 0.00316. The van der Waals surface area contributed by atoms with E-state index < -0.39 is 0 Å². The normalized spacial score (nSPS) is 19.2. The maximum Gasteiger partial charge on any atom is 0.254 e. The fraction of sp³-hybridized carbons (Fsp3) is 0.481. The second-order valence-corrected chi connectivity index (χ2v) is 9.13. The fourth-order valence-corrected chi connectivity index (χ4v) is 4.69. The zero-order valence-corrected chi connectivity index (χ0v) is 20.9. The number of morpholine rings is 1. The third kappa shape index (κ3) is 6.13. The van der Waals surface area contributed by atoms with E-state index in [9.17, 15) is 9.59 Å². The average molecular weight is 482 g/mol. The van der Waals surface area contributed by atoms with Crippen LogP contribution in [0.3, 0.4) is 0 Å². The molecule has 2 aliphatic rings. The first kappa shape index (κ1) is 25.0. The molecule has 0 aromatic heterocycles. The molecule has 2 amide bonds. The van der Waals surface area contributed by atoms with E-state index in [-0.39, 0.29) is 17.9 Å². The van der Waals surface area contributed by atoms with E-state index in [1.165, 1.54) is 0 Å². The van der Waals surface area contributed by atoms with Gasteiger partial charge in [0.1, 0.15) is 0 Å². The summed E-state index contributed by atoms with van der Waals surface area (Å²) in [5.41, 5.74) is 2.45. The van der Waals surface area contributed by atoms with Crippen molar-refractivity contribution in [1.29, 1.82) is 0 Å². The van der Waals surface area contributed by atoms with Gasteiger partial charge in [-0.05, 0) is 50.2 Å². The molecule has 188 valence electrons. The number of aryl methyl sites for hydroxylation is 1. The molecule has 2 fully saturated rings. The van der Waals surface area contributed by atoms with Crippen LogP contribution in [0, 0.1) is 6.92 Å². The Labute approximate surface area is 207 Å². The second kappa shape index (κ2) is 11.6. The van der Waals surface area contributed by atoms with Crippen molar-refractivity contribution < 1.29 is 23.8 Å². The summed E-state index contributed by atoms with van der Waals surface area (Å²) in [4.78, 5) is 32.2. The molecule has 0 radical (unpaired) electrons. The van der Waals surface area contributed by atoms with Gasteiger partial charge < -0.3 is 24.0 Å². The summed E-state index contributed by atoms with van der Waals surface area (Å²) in [5.74, 6) is 1.21. The van der Waals surface area contributed by atoms with E-state index in [0.717, 1.165) is 37.2 Å². The maximum absolute atomic E-state index is 13.1. The van der Waals surface area contributed by atoms with Crippen molar-refractivity contribution in [1.82, 2.24) is 14.7 Å². The highest BCUT2D eigenvalue weighted by Crippen LogP contribution is 2.28. The largest absolute Gasteiger partial charge is 0.493 e. The van der Waals surface area contributed by atoms with Gasteiger partial charge in [0, 0.05) is 50.4 Å². The lowest BCUT2D eigenvalue weighted by Crippen LogP contribution is -2.50. The van der Waals surface area contributed by atoms with E-state index in [2.05, 4.69) is 4.90 Å². The molecule has 0 spiro atoms. The molecule has 4 rings (SSSR count). The van der Waals surface area contributed by atoms with E-state index in [1.807, 2.05) is 41.0 Å². The number of carbonyl (C=O) groups excluding carboxylic acids is 2. The lowest BCUT2D eigenvalue weighted by molar-refractivity contribution is -0.0353. The van der Waals surface area contributed by atoms with Crippen LogP contribution in [-0.2, 0) is 4.74 Å². The minimum atomic E-state index is -0.0359. The number of hydrogen-bond donors (Lipinski definition) is 0. The zero-order chi connectivity index (χ0) is 24.8. The number of rotatable bonds is 6. The summed E-state index contributed by atoms with van der Waals surface area (Å²) >= 11 is 0. The van der Waals surface area contributed by atoms with E-state index >= 15 is 0 Å². The van der Waals surface area contributed by atoms with E-state index in [1.54, 1.807) is 32.4 Å². The molecule has 0 bridgehead atoms. The number of hydrogen-bond acceptors (Lipinski definition) is 6. The lowest BCUT2D eigenvalue weighted by atomic mass is 10.1. The molecule has 2 saturated heterocycles. The molecular weight excluding hydrogens is 446 g/mol. The Balaban J connectivity index is 1.32. The maximum atomic E-state index is 13.1. The van der Waals surface area contributed by atoms with E-state index in [0.29, 0.717) is 49.8 Å². The standard InChI is InChI=1S/C27H35N3O5/c1-20-5-7-21(8-6-20)26(31)30-15-16-35-23(19-30)18-28-11-4-12-29(14-13-28)27(32)22-9-10-24(33-2)25(17-22)34-3/h5-10,17,23H,4,11-16,18-19H2,1-3H3. The summed E-state index contributed by atoms with van der Waals surface area (Å²) in [7, 11) is 3.15. The quantitative estimate of drug-likeness (QED) is 0.632. The van der Waals surface area contributed by atoms with Crippen LogP contribution in [-0.4, -0.2) is 99.3 Å². The van der Waals surface area contributed by atoms with Crippen molar-refractivity contribution in [3.63, 3.8) is 0 Å². The molecule has 35 heavy (non-hydrogen) atoms. The Kier molecular flexibility index (Phi) is 8.25. The van der Waals surface area contributed by atoms with Crippen molar-refractivity contribution in [3.8, 4) is 11.5 Å². The van der Waals surface area contributed by atoms with Gasteiger partial charge in [-0.25, -0.2) is 0 Å². The highest BCUT2D eigenvalue weighted by molar-refractivity contribution is 5.95. The number of carbonyl (C=O) groups is 2. The lowest BCUT2D eigenvalue weighted by Gasteiger charge is -2.35. The average Bonchev–Trinajstić information content (AvgIpc) is 3.13. The van der Waals surface area contributed by atoms with Crippen LogP contribution >= 0.6 is 0 Å². The van der Waals surface area contributed by atoms with Crippen LogP contribution in [0.2, 0.25) is 0 Å². The molecule has 0 aliphatic carbocycles. The molecule has 0 saturated carbocycles. The Bertz CT molecular complexity index is 1030. The molecule has 2 aromatic carbocycles. The Hall–Kier alpha value is -3.10. The molecule has 2 aliphatic heterocycles. The summed E-state index contributed by atoms with van der Waals surface area (Å²) in [6, 6.07) is 13.0. The van der Waals surface area contributed by atoms with E-state index in [4.69, 9.17) is 14.2 Å². The number of nitrogens with zero attached hydrogens (tertiary/aromatic N) is 3.